The van der Waals surface area contributed by atoms with Gasteiger partial charge in [0.25, 0.3) is 0 Å². The third kappa shape index (κ3) is 3.52. The Balaban J connectivity index is 1.16. The minimum atomic E-state index is -0.103. The molecule has 50 heavy (non-hydrogen) atoms. The largest absolute Gasteiger partial charge is 0.309 e. The van der Waals surface area contributed by atoms with Gasteiger partial charge in [-0.15, -0.1) is 11.3 Å². The van der Waals surface area contributed by atoms with Crippen molar-refractivity contribution in [1.29, 1.82) is 0 Å². The fraction of sp³-hybridized carbons (Fsp3) is 0.0652. The van der Waals surface area contributed by atoms with E-state index in [1.54, 1.807) is 0 Å². The standard InChI is InChI=1S/C46H29N3S/c1-46(2)37-13-7-4-10-30(37)32-19-21-41-44(45(32)46)33-12-6-9-15-39(33)49(41)29-18-23-43-36(26-29)35-25-28(17-22-42(35)50-43)48-38-14-8-5-11-31(38)34-24-27(47-3)16-20-40(34)48/h4-26H,1-2H3. The summed E-state index contributed by atoms with van der Waals surface area (Å²) in [5, 5.41) is 7.44. The van der Waals surface area contributed by atoms with E-state index in [2.05, 4.69) is 155 Å². The molecule has 0 N–H and O–H groups in total. The molecule has 3 heterocycles. The van der Waals surface area contributed by atoms with Gasteiger partial charge in [0.2, 0.25) is 0 Å². The Kier molecular flexibility index (Phi) is 5.40. The van der Waals surface area contributed by atoms with Gasteiger partial charge in [0, 0.05) is 53.1 Å². The molecule has 4 heteroatoms. The van der Waals surface area contributed by atoms with Crippen molar-refractivity contribution in [2.24, 2.45) is 0 Å². The van der Waals surface area contributed by atoms with Gasteiger partial charge in [-0.25, -0.2) is 4.85 Å². The van der Waals surface area contributed by atoms with Gasteiger partial charge < -0.3 is 9.13 Å². The lowest BCUT2D eigenvalue weighted by molar-refractivity contribution is 0.666. The number of benzene rings is 7. The zero-order chi connectivity index (χ0) is 33.3. The number of nitrogens with zero attached hydrogens (tertiary/aromatic N) is 3. The highest BCUT2D eigenvalue weighted by Gasteiger charge is 2.38. The van der Waals surface area contributed by atoms with Crippen LogP contribution in [0.5, 0.6) is 0 Å². The van der Waals surface area contributed by atoms with Gasteiger partial charge in [-0.3, -0.25) is 0 Å². The lowest BCUT2D eigenvalue weighted by Gasteiger charge is -2.22. The summed E-state index contributed by atoms with van der Waals surface area (Å²) in [4.78, 5) is 3.72. The van der Waals surface area contributed by atoms with Crippen LogP contribution in [0.4, 0.5) is 5.69 Å². The molecule has 0 saturated carbocycles. The lowest BCUT2D eigenvalue weighted by atomic mass is 9.80. The topological polar surface area (TPSA) is 14.2 Å². The number of para-hydroxylation sites is 2. The summed E-state index contributed by atoms with van der Waals surface area (Å²) >= 11 is 1.85. The summed E-state index contributed by atoms with van der Waals surface area (Å²) in [6.45, 7) is 12.4. The SMILES string of the molecule is [C-]#[N+]c1ccc2c(c1)c1ccccc1n2-c1ccc2sc3ccc(-n4c5ccccc5c5c6c(ccc54)-c4ccccc4C6(C)C)cc3c2c1. The van der Waals surface area contributed by atoms with E-state index >= 15 is 0 Å². The van der Waals surface area contributed by atoms with Gasteiger partial charge in [0.1, 0.15) is 0 Å². The van der Waals surface area contributed by atoms with Crippen molar-refractivity contribution in [3.05, 3.63) is 162 Å². The minimum Gasteiger partial charge on any atom is -0.309 e. The van der Waals surface area contributed by atoms with Crippen molar-refractivity contribution >= 4 is 80.8 Å². The Morgan fingerprint density at radius 1 is 0.520 bits per heavy atom. The molecule has 0 bridgehead atoms. The van der Waals surface area contributed by atoms with Crippen molar-refractivity contribution in [3.8, 4) is 22.5 Å². The second-order valence-corrected chi connectivity index (χ2v) is 15.1. The summed E-state index contributed by atoms with van der Waals surface area (Å²) in [7, 11) is 0. The monoisotopic (exact) mass is 655 g/mol. The number of aromatic nitrogens is 2. The molecule has 3 nitrogen and oxygen atoms in total. The van der Waals surface area contributed by atoms with Crippen LogP contribution in [0.2, 0.25) is 0 Å². The van der Waals surface area contributed by atoms with Crippen LogP contribution in [0.25, 0.3) is 91.1 Å². The van der Waals surface area contributed by atoms with Crippen molar-refractivity contribution in [3.63, 3.8) is 0 Å². The van der Waals surface area contributed by atoms with Crippen LogP contribution >= 0.6 is 11.3 Å². The summed E-state index contributed by atoms with van der Waals surface area (Å²) < 4.78 is 7.37. The number of hydrogen-bond acceptors (Lipinski definition) is 1. The molecule has 1 aliphatic rings. The number of fused-ring (bicyclic) bond motifs is 13. The molecule has 0 fully saturated rings. The Morgan fingerprint density at radius 3 is 1.86 bits per heavy atom. The quantitative estimate of drug-likeness (QED) is 0.165. The molecule has 0 radical (unpaired) electrons. The summed E-state index contributed by atoms with van der Waals surface area (Å²) in [6, 6.07) is 50.9. The molecule has 7 aromatic carbocycles. The van der Waals surface area contributed by atoms with E-state index in [1.165, 1.54) is 69.9 Å². The van der Waals surface area contributed by atoms with Crippen LogP contribution in [0.1, 0.15) is 25.0 Å². The maximum absolute atomic E-state index is 7.60. The predicted octanol–water partition coefficient (Wildman–Crippen LogP) is 13.1. The van der Waals surface area contributed by atoms with Gasteiger partial charge in [0.15, 0.2) is 5.69 Å². The first-order valence-electron chi connectivity index (χ1n) is 17.1. The average Bonchev–Trinajstić information content (AvgIpc) is 3.86. The fourth-order valence-corrected chi connectivity index (χ4v) is 10.0. The molecule has 0 aliphatic heterocycles. The maximum atomic E-state index is 7.60. The highest BCUT2D eigenvalue weighted by Crippen LogP contribution is 2.53. The van der Waals surface area contributed by atoms with Gasteiger partial charge in [-0.05, 0) is 94.4 Å². The molecular formula is C46H29N3S. The molecular weight excluding hydrogens is 627 g/mol. The van der Waals surface area contributed by atoms with Gasteiger partial charge in [-0.2, -0.15) is 0 Å². The zero-order valence-corrected chi connectivity index (χ0v) is 28.3. The summed E-state index contributed by atoms with van der Waals surface area (Å²) in [5.41, 5.74) is 13.1. The lowest BCUT2D eigenvalue weighted by Crippen LogP contribution is -2.15. The smallest absolute Gasteiger partial charge is 0.188 e. The van der Waals surface area contributed by atoms with E-state index in [1.807, 2.05) is 23.5 Å². The maximum Gasteiger partial charge on any atom is 0.188 e. The third-order valence-electron chi connectivity index (χ3n) is 11.1. The molecule has 0 amide bonds. The zero-order valence-electron chi connectivity index (χ0n) is 27.5. The first kappa shape index (κ1) is 27.8. The molecule has 3 aromatic heterocycles. The van der Waals surface area contributed by atoms with E-state index in [4.69, 9.17) is 6.57 Å². The van der Waals surface area contributed by atoms with E-state index in [-0.39, 0.29) is 5.41 Å². The van der Waals surface area contributed by atoms with Crippen molar-refractivity contribution in [1.82, 2.24) is 9.13 Å². The fourth-order valence-electron chi connectivity index (χ4n) is 8.95. The summed E-state index contributed by atoms with van der Waals surface area (Å²) in [5.74, 6) is 0. The van der Waals surface area contributed by atoms with Crippen molar-refractivity contribution in [2.75, 3.05) is 0 Å². The minimum absolute atomic E-state index is 0.103. The molecule has 11 rings (SSSR count). The van der Waals surface area contributed by atoms with E-state index in [9.17, 15) is 0 Å². The molecule has 0 atom stereocenters. The average molecular weight is 656 g/mol. The normalized spacial score (nSPS) is 13.5. The van der Waals surface area contributed by atoms with Crippen LogP contribution < -0.4 is 0 Å². The number of thiophene rings is 1. The van der Waals surface area contributed by atoms with Crippen LogP contribution in [0, 0.1) is 6.57 Å². The Bertz CT molecular complexity index is 3140. The Hall–Kier alpha value is -6.15. The first-order valence-corrected chi connectivity index (χ1v) is 17.9. The van der Waals surface area contributed by atoms with Crippen LogP contribution in [-0.2, 0) is 5.41 Å². The second kappa shape index (κ2) is 9.72. The molecule has 0 saturated heterocycles. The third-order valence-corrected chi connectivity index (χ3v) is 12.2. The van der Waals surface area contributed by atoms with Crippen molar-refractivity contribution < 1.29 is 0 Å². The Labute approximate surface area is 292 Å². The highest BCUT2D eigenvalue weighted by atomic mass is 32.1. The molecule has 0 unspecified atom stereocenters. The molecule has 1 aliphatic carbocycles. The van der Waals surface area contributed by atoms with E-state index in [0.29, 0.717) is 5.69 Å². The second-order valence-electron chi connectivity index (χ2n) is 14.0. The number of hydrogen-bond donors (Lipinski definition) is 0. The van der Waals surface area contributed by atoms with Crippen LogP contribution in [0.15, 0.2) is 140 Å². The van der Waals surface area contributed by atoms with E-state index < -0.39 is 0 Å². The van der Waals surface area contributed by atoms with Crippen LogP contribution in [0.3, 0.4) is 0 Å². The van der Waals surface area contributed by atoms with Gasteiger partial charge in [0.05, 0.1) is 28.6 Å². The molecule has 10 aromatic rings. The van der Waals surface area contributed by atoms with Gasteiger partial charge in [-0.1, -0.05) is 86.6 Å². The van der Waals surface area contributed by atoms with Gasteiger partial charge >= 0.3 is 0 Å². The number of rotatable bonds is 2. The molecule has 0 spiro atoms. The molecule has 234 valence electrons. The van der Waals surface area contributed by atoms with Crippen LogP contribution in [-0.4, -0.2) is 9.13 Å². The van der Waals surface area contributed by atoms with E-state index in [0.717, 1.165) is 27.5 Å². The van der Waals surface area contributed by atoms with Crippen molar-refractivity contribution in [2.45, 2.75) is 19.3 Å². The highest BCUT2D eigenvalue weighted by molar-refractivity contribution is 7.25. The Morgan fingerprint density at radius 2 is 1.12 bits per heavy atom. The summed E-state index contributed by atoms with van der Waals surface area (Å²) in [6.07, 6.45) is 0. The predicted molar refractivity (Wildman–Crippen MR) is 212 cm³/mol. The first-order chi connectivity index (χ1) is 24.5.